The Morgan fingerprint density at radius 1 is 1.27 bits per heavy atom. The van der Waals surface area contributed by atoms with E-state index in [1.807, 2.05) is 0 Å². The van der Waals surface area contributed by atoms with E-state index in [9.17, 15) is 22.6 Å². The maximum absolute atomic E-state index is 13.0. The highest BCUT2D eigenvalue weighted by molar-refractivity contribution is 7.52. The van der Waals surface area contributed by atoms with E-state index in [-0.39, 0.29) is 33.2 Å². The van der Waals surface area contributed by atoms with Crippen molar-refractivity contribution in [1.82, 2.24) is 0 Å². The molecule has 1 N–H and O–H groups in total. The van der Waals surface area contributed by atoms with Crippen LogP contribution in [0.1, 0.15) is 37.7 Å². The van der Waals surface area contributed by atoms with E-state index in [4.69, 9.17) is 32.5 Å². The third-order valence-corrected chi connectivity index (χ3v) is 7.41. The van der Waals surface area contributed by atoms with Crippen LogP contribution >= 0.6 is 30.8 Å². The van der Waals surface area contributed by atoms with Gasteiger partial charge in [-0.3, -0.25) is 0 Å². The maximum atomic E-state index is 13.0. The summed E-state index contributed by atoms with van der Waals surface area (Å²) in [5.74, 6) is 0.692. The van der Waals surface area contributed by atoms with Gasteiger partial charge in [0, 0.05) is 17.1 Å². The van der Waals surface area contributed by atoms with E-state index in [1.165, 1.54) is 12.1 Å². The smallest absolute Gasteiger partial charge is 0.422 e. The minimum atomic E-state index is -4.50. The molecule has 1 aromatic rings. The zero-order chi connectivity index (χ0) is 21.9. The highest BCUT2D eigenvalue weighted by atomic mass is 35.5. The zero-order valence-corrected chi connectivity index (χ0v) is 18.6. The first kappa shape index (κ1) is 22.3. The number of alkyl halides is 4. The van der Waals surface area contributed by atoms with Gasteiger partial charge in [-0.1, -0.05) is 11.6 Å². The van der Waals surface area contributed by atoms with Crippen molar-refractivity contribution in [3.63, 3.8) is 0 Å². The lowest BCUT2D eigenvalue weighted by Gasteiger charge is -2.55. The molecule has 4 fully saturated rings. The first-order chi connectivity index (χ1) is 13.8. The summed E-state index contributed by atoms with van der Waals surface area (Å²) in [6.45, 7) is -0.418. The number of ether oxygens (including phenoxy) is 1. The Morgan fingerprint density at radius 3 is 2.43 bits per heavy atom. The summed E-state index contributed by atoms with van der Waals surface area (Å²) in [5.41, 5.74) is 1.21. The van der Waals surface area contributed by atoms with E-state index in [1.54, 1.807) is 6.07 Å². The fourth-order valence-electron chi connectivity index (χ4n) is 5.45. The molecule has 1 aromatic carbocycles. The molecule has 4 nitrogen and oxygen atoms in total. The second kappa shape index (κ2) is 7.61. The number of rotatable bonds is 5. The molecular formula is C20H22Cl2F3O4P. The lowest BCUT2D eigenvalue weighted by molar-refractivity contribution is -0.159. The van der Waals surface area contributed by atoms with Crippen LogP contribution in [0.2, 0.25) is 5.02 Å². The number of hydrogen-bond acceptors (Lipinski definition) is 3. The third kappa shape index (κ3) is 4.79. The molecule has 0 radical (unpaired) electrons. The molecule has 4 saturated carbocycles. The van der Waals surface area contributed by atoms with Crippen LogP contribution in [0.15, 0.2) is 23.8 Å². The molecule has 0 spiro atoms. The standard InChI is InChI=1S/C20H22Cl2F3O4P/c1-30(26,27)29-16-6-12(2-3-15(16)21)18(28-10-20(23,24)25)17-13-4-11-5-14(17)9-19(22,7-11)8-13/h2-3,6,11,13-14H,4-5,7-10H2,1H3,(H,26,27). The van der Waals surface area contributed by atoms with Gasteiger partial charge in [-0.25, -0.2) is 4.57 Å². The highest BCUT2D eigenvalue weighted by Crippen LogP contribution is 2.62. The van der Waals surface area contributed by atoms with Crippen molar-refractivity contribution in [2.45, 2.75) is 43.2 Å². The number of allylic oxidation sites excluding steroid dienone is 1. The molecule has 166 valence electrons. The number of halogens is 5. The molecule has 5 rings (SSSR count). The molecule has 0 aromatic heterocycles. The van der Waals surface area contributed by atoms with E-state index in [2.05, 4.69) is 0 Å². The van der Waals surface area contributed by atoms with Crippen molar-refractivity contribution >= 4 is 36.6 Å². The SMILES string of the molecule is CP(=O)(O)Oc1cc(C(OCC(F)(F)F)=C2C3CC4CC2CC(Cl)(C4)C3)ccc1Cl. The van der Waals surface area contributed by atoms with Crippen LogP contribution in [0, 0.1) is 17.8 Å². The first-order valence-electron chi connectivity index (χ1n) is 9.74. The molecule has 3 unspecified atom stereocenters. The van der Waals surface area contributed by atoms with E-state index < -0.39 is 20.4 Å². The summed E-state index contributed by atoms with van der Waals surface area (Å²) >= 11 is 12.8. The number of hydrogen-bond donors (Lipinski definition) is 1. The van der Waals surface area contributed by atoms with Crippen LogP contribution in [-0.2, 0) is 9.30 Å². The van der Waals surface area contributed by atoms with Crippen molar-refractivity contribution < 1.29 is 31.9 Å². The van der Waals surface area contributed by atoms with Gasteiger partial charge in [0.1, 0.15) is 11.5 Å². The van der Waals surface area contributed by atoms with Crippen LogP contribution in [0.5, 0.6) is 5.75 Å². The molecule has 0 amide bonds. The van der Waals surface area contributed by atoms with E-state index >= 15 is 0 Å². The molecule has 3 atom stereocenters. The predicted molar refractivity (Wildman–Crippen MR) is 109 cm³/mol. The third-order valence-electron chi connectivity index (χ3n) is 6.10. The molecule has 30 heavy (non-hydrogen) atoms. The maximum Gasteiger partial charge on any atom is 0.422 e. The minimum Gasteiger partial charge on any atom is -0.484 e. The Labute approximate surface area is 182 Å². The van der Waals surface area contributed by atoms with Crippen molar-refractivity contribution in [3.8, 4) is 5.75 Å². The molecule has 4 bridgehead atoms. The Hall–Kier alpha value is -0.880. The van der Waals surface area contributed by atoms with Crippen LogP contribution < -0.4 is 4.52 Å². The molecule has 4 aliphatic carbocycles. The lowest BCUT2D eigenvalue weighted by Crippen LogP contribution is -2.49. The molecule has 10 heteroatoms. The summed E-state index contributed by atoms with van der Waals surface area (Å²) in [4.78, 5) is 9.26. The predicted octanol–water partition coefficient (Wildman–Crippen LogP) is 6.64. The average molecular weight is 485 g/mol. The van der Waals surface area contributed by atoms with Crippen LogP contribution in [0.25, 0.3) is 5.76 Å². The summed E-state index contributed by atoms with van der Waals surface area (Å²) in [7, 11) is -3.91. The molecular weight excluding hydrogens is 463 g/mol. The zero-order valence-electron chi connectivity index (χ0n) is 16.2. The van der Waals surface area contributed by atoms with Gasteiger partial charge in [-0.2, -0.15) is 13.2 Å². The van der Waals surface area contributed by atoms with Crippen molar-refractivity contribution in [2.24, 2.45) is 17.8 Å². The Bertz CT molecular complexity index is 909. The monoisotopic (exact) mass is 484 g/mol. The van der Waals surface area contributed by atoms with Gasteiger partial charge in [-0.05, 0) is 73.6 Å². The largest absolute Gasteiger partial charge is 0.484 e. The molecule has 4 aliphatic rings. The topological polar surface area (TPSA) is 55.8 Å². The second-order valence-corrected chi connectivity index (χ2v) is 11.7. The average Bonchev–Trinajstić information content (AvgIpc) is 2.56. The summed E-state index contributed by atoms with van der Waals surface area (Å²) in [5, 5.41) is 0.0832. The van der Waals surface area contributed by atoms with E-state index in [0.717, 1.165) is 31.5 Å². The summed E-state index contributed by atoms with van der Waals surface area (Å²) in [6.07, 6.45) is -0.342. The fraction of sp³-hybridized carbons (Fsp3) is 0.600. The van der Waals surface area contributed by atoms with Gasteiger partial charge in [0.25, 0.3) is 0 Å². The van der Waals surface area contributed by atoms with Gasteiger partial charge >= 0.3 is 13.8 Å². The van der Waals surface area contributed by atoms with Gasteiger partial charge in [0.2, 0.25) is 0 Å². The second-order valence-electron chi connectivity index (χ2n) is 8.72. The quantitative estimate of drug-likeness (QED) is 0.289. The lowest BCUT2D eigenvalue weighted by atomic mass is 9.53. The Morgan fingerprint density at radius 2 is 1.90 bits per heavy atom. The Kier molecular flexibility index (Phi) is 5.66. The normalized spacial score (nSPS) is 32.1. The van der Waals surface area contributed by atoms with Gasteiger partial charge in [-0.15, -0.1) is 11.6 Å². The molecule has 0 saturated heterocycles. The summed E-state index contributed by atoms with van der Waals surface area (Å²) in [6, 6.07) is 4.35. The van der Waals surface area contributed by atoms with Crippen molar-refractivity contribution in [3.05, 3.63) is 34.4 Å². The minimum absolute atomic E-state index is 0.0622. The fourth-order valence-corrected chi connectivity index (χ4v) is 6.76. The number of benzene rings is 1. The van der Waals surface area contributed by atoms with Gasteiger partial charge in [0.15, 0.2) is 6.61 Å². The van der Waals surface area contributed by atoms with Crippen molar-refractivity contribution in [2.75, 3.05) is 13.3 Å². The molecule has 0 aliphatic heterocycles. The van der Waals surface area contributed by atoms with Gasteiger partial charge in [0.05, 0.1) is 5.02 Å². The van der Waals surface area contributed by atoms with Crippen LogP contribution in [-0.4, -0.2) is 29.2 Å². The van der Waals surface area contributed by atoms with E-state index in [0.29, 0.717) is 24.3 Å². The summed E-state index contributed by atoms with van der Waals surface area (Å²) < 4.78 is 61.1. The highest BCUT2D eigenvalue weighted by Gasteiger charge is 2.53. The van der Waals surface area contributed by atoms with Crippen molar-refractivity contribution in [1.29, 1.82) is 0 Å². The first-order valence-corrected chi connectivity index (χ1v) is 12.5. The van der Waals surface area contributed by atoms with Crippen LogP contribution in [0.4, 0.5) is 13.2 Å². The van der Waals surface area contributed by atoms with Gasteiger partial charge < -0.3 is 14.2 Å². The molecule has 0 heterocycles. The van der Waals surface area contributed by atoms with Crippen LogP contribution in [0.3, 0.4) is 0 Å². The Balaban J connectivity index is 1.77.